The molecule has 1 heterocycles. The van der Waals surface area contributed by atoms with Crippen LogP contribution in [0.1, 0.15) is 29.8 Å². The predicted octanol–water partition coefficient (Wildman–Crippen LogP) is 4.55. The number of aromatic nitrogens is 3. The Morgan fingerprint density at radius 3 is 2.50 bits per heavy atom. The van der Waals surface area contributed by atoms with Crippen LogP contribution in [-0.2, 0) is 13.5 Å². The Kier molecular flexibility index (Phi) is 5.52. The number of carbonyl (C=O) groups excluding carboxylic acids is 1. The zero-order valence-electron chi connectivity index (χ0n) is 14.9. The molecule has 0 aliphatic rings. The molecule has 1 aromatic heterocycles. The van der Waals surface area contributed by atoms with Gasteiger partial charge in [-0.15, -0.1) is 10.2 Å². The van der Waals surface area contributed by atoms with Crippen LogP contribution in [0.15, 0.2) is 53.7 Å². The van der Waals surface area contributed by atoms with Crippen LogP contribution in [0.2, 0.25) is 0 Å². The van der Waals surface area contributed by atoms with Crippen LogP contribution in [0.25, 0.3) is 11.4 Å². The monoisotopic (exact) mass is 369 g/mol. The number of carbonyl (C=O) groups is 1. The van der Waals surface area contributed by atoms with Crippen LogP contribution in [-0.4, -0.2) is 25.8 Å². The third-order valence-electron chi connectivity index (χ3n) is 4.25. The molecule has 3 aromatic rings. The van der Waals surface area contributed by atoms with E-state index in [0.29, 0.717) is 22.1 Å². The highest BCUT2D eigenvalue weighted by molar-refractivity contribution is 8.00. The highest BCUT2D eigenvalue weighted by atomic mass is 32.2. The van der Waals surface area contributed by atoms with E-state index in [2.05, 4.69) is 17.1 Å². The highest BCUT2D eigenvalue weighted by Crippen LogP contribution is 2.28. The Morgan fingerprint density at radius 1 is 1.15 bits per heavy atom. The summed E-state index contributed by atoms with van der Waals surface area (Å²) in [6, 6.07) is 14.1. The van der Waals surface area contributed by atoms with Crippen molar-refractivity contribution < 1.29 is 9.18 Å². The third kappa shape index (κ3) is 3.70. The van der Waals surface area contributed by atoms with Crippen LogP contribution in [0, 0.1) is 5.82 Å². The minimum atomic E-state index is -0.348. The lowest BCUT2D eigenvalue weighted by Gasteiger charge is -2.10. The van der Waals surface area contributed by atoms with Gasteiger partial charge in [0.1, 0.15) is 5.82 Å². The lowest BCUT2D eigenvalue weighted by Crippen LogP contribution is -2.14. The largest absolute Gasteiger partial charge is 0.305 e. The first-order valence-corrected chi connectivity index (χ1v) is 9.33. The summed E-state index contributed by atoms with van der Waals surface area (Å²) < 4.78 is 15.7. The first-order valence-electron chi connectivity index (χ1n) is 8.45. The maximum atomic E-state index is 14.0. The standard InChI is InChI=1S/C20H20FN3OS/c1-4-14-9-11-15(12-10-14)18(25)13(2)26-20-23-22-19(24(20)3)16-7-5-6-8-17(16)21/h5-13H,4H2,1-3H3/t13-/m0/s1. The van der Waals surface area contributed by atoms with E-state index in [1.54, 1.807) is 29.8 Å². The molecule has 1 atom stereocenters. The van der Waals surface area contributed by atoms with Gasteiger partial charge >= 0.3 is 0 Å². The fourth-order valence-corrected chi connectivity index (χ4v) is 3.54. The first-order chi connectivity index (χ1) is 12.5. The lowest BCUT2D eigenvalue weighted by molar-refractivity contribution is 0.0994. The second-order valence-corrected chi connectivity index (χ2v) is 7.33. The topological polar surface area (TPSA) is 47.8 Å². The van der Waals surface area contributed by atoms with Crippen molar-refractivity contribution in [3.05, 3.63) is 65.5 Å². The fourth-order valence-electron chi connectivity index (χ4n) is 2.65. The number of halogens is 1. The van der Waals surface area contributed by atoms with Gasteiger partial charge in [-0.25, -0.2) is 4.39 Å². The molecule has 3 rings (SSSR count). The molecule has 0 bridgehead atoms. The van der Waals surface area contributed by atoms with E-state index < -0.39 is 0 Å². The molecule has 0 N–H and O–H groups in total. The molecule has 0 saturated carbocycles. The van der Waals surface area contributed by atoms with E-state index in [4.69, 9.17) is 0 Å². The van der Waals surface area contributed by atoms with Gasteiger partial charge in [-0.2, -0.15) is 0 Å². The second kappa shape index (κ2) is 7.83. The summed E-state index contributed by atoms with van der Waals surface area (Å²) in [6.07, 6.45) is 0.941. The van der Waals surface area contributed by atoms with E-state index in [9.17, 15) is 9.18 Å². The number of ketones is 1. The predicted molar refractivity (Wildman–Crippen MR) is 102 cm³/mol. The van der Waals surface area contributed by atoms with Gasteiger partial charge in [0, 0.05) is 12.6 Å². The summed E-state index contributed by atoms with van der Waals surface area (Å²) in [5.41, 5.74) is 2.27. The quantitative estimate of drug-likeness (QED) is 0.472. The average Bonchev–Trinajstić information content (AvgIpc) is 3.02. The molecule has 4 nitrogen and oxygen atoms in total. The second-order valence-electron chi connectivity index (χ2n) is 6.02. The van der Waals surface area contributed by atoms with Crippen molar-refractivity contribution in [1.29, 1.82) is 0 Å². The molecule has 0 saturated heterocycles. The number of rotatable bonds is 6. The van der Waals surface area contributed by atoms with Crippen molar-refractivity contribution in [3.8, 4) is 11.4 Å². The molecule has 2 aromatic carbocycles. The average molecular weight is 369 g/mol. The van der Waals surface area contributed by atoms with Crippen molar-refractivity contribution in [2.75, 3.05) is 0 Å². The van der Waals surface area contributed by atoms with Crippen LogP contribution in [0.3, 0.4) is 0 Å². The highest BCUT2D eigenvalue weighted by Gasteiger charge is 2.21. The SMILES string of the molecule is CCc1ccc(C(=O)[C@H](C)Sc2nnc(-c3ccccc3F)n2C)cc1. The number of aryl methyl sites for hydroxylation is 1. The Morgan fingerprint density at radius 2 is 1.85 bits per heavy atom. The van der Waals surface area contributed by atoms with Gasteiger partial charge in [0.2, 0.25) is 0 Å². The van der Waals surface area contributed by atoms with Gasteiger partial charge in [0.15, 0.2) is 16.8 Å². The minimum Gasteiger partial charge on any atom is -0.305 e. The zero-order valence-corrected chi connectivity index (χ0v) is 15.8. The molecular formula is C20H20FN3OS. The fraction of sp³-hybridized carbons (Fsp3) is 0.250. The van der Waals surface area contributed by atoms with E-state index in [1.165, 1.54) is 23.4 Å². The Labute approximate surface area is 156 Å². The van der Waals surface area contributed by atoms with Gasteiger partial charge in [0.25, 0.3) is 0 Å². The molecule has 6 heteroatoms. The van der Waals surface area contributed by atoms with E-state index in [0.717, 1.165) is 6.42 Å². The van der Waals surface area contributed by atoms with Crippen LogP contribution in [0.5, 0.6) is 0 Å². The van der Waals surface area contributed by atoms with E-state index in [1.807, 2.05) is 31.2 Å². The maximum absolute atomic E-state index is 14.0. The van der Waals surface area contributed by atoms with Gasteiger partial charge in [0.05, 0.1) is 10.8 Å². The summed E-state index contributed by atoms with van der Waals surface area (Å²) in [6.45, 7) is 3.93. The van der Waals surface area contributed by atoms with Crippen LogP contribution < -0.4 is 0 Å². The zero-order chi connectivity index (χ0) is 18.7. The van der Waals surface area contributed by atoms with Crippen molar-refractivity contribution in [2.24, 2.45) is 7.05 Å². The molecule has 0 aliphatic heterocycles. The number of Topliss-reactive ketones (excluding diaryl/α,β-unsaturated/α-hetero) is 1. The first kappa shape index (κ1) is 18.3. The van der Waals surface area contributed by atoms with Gasteiger partial charge in [-0.05, 0) is 31.0 Å². The van der Waals surface area contributed by atoms with E-state index in [-0.39, 0.29) is 16.9 Å². The molecule has 26 heavy (non-hydrogen) atoms. The van der Waals surface area contributed by atoms with Crippen molar-refractivity contribution >= 4 is 17.5 Å². The molecule has 0 fully saturated rings. The van der Waals surface area contributed by atoms with Crippen molar-refractivity contribution in [2.45, 2.75) is 30.7 Å². The van der Waals surface area contributed by atoms with Crippen molar-refractivity contribution in [1.82, 2.24) is 14.8 Å². The van der Waals surface area contributed by atoms with Gasteiger partial charge in [-0.3, -0.25) is 4.79 Å². The lowest BCUT2D eigenvalue weighted by atomic mass is 10.1. The molecule has 0 spiro atoms. The van der Waals surface area contributed by atoms with Crippen LogP contribution >= 0.6 is 11.8 Å². The summed E-state index contributed by atoms with van der Waals surface area (Å²) in [5.74, 6) is 0.130. The Balaban J connectivity index is 1.78. The summed E-state index contributed by atoms with van der Waals surface area (Å²) in [4.78, 5) is 12.7. The Bertz CT molecular complexity index is 921. The number of benzene rings is 2. The Hall–Kier alpha value is -2.47. The maximum Gasteiger partial charge on any atom is 0.191 e. The number of thioether (sulfide) groups is 1. The number of nitrogens with zero attached hydrogens (tertiary/aromatic N) is 3. The molecular weight excluding hydrogens is 349 g/mol. The smallest absolute Gasteiger partial charge is 0.191 e. The summed E-state index contributed by atoms with van der Waals surface area (Å²) in [5, 5.41) is 8.49. The molecule has 0 amide bonds. The minimum absolute atomic E-state index is 0.0353. The molecule has 0 unspecified atom stereocenters. The third-order valence-corrected chi connectivity index (χ3v) is 5.38. The van der Waals surface area contributed by atoms with Gasteiger partial charge in [-0.1, -0.05) is 55.1 Å². The molecule has 134 valence electrons. The van der Waals surface area contributed by atoms with E-state index >= 15 is 0 Å². The summed E-state index contributed by atoms with van der Waals surface area (Å²) >= 11 is 1.32. The normalized spacial score (nSPS) is 12.2. The number of hydrogen-bond acceptors (Lipinski definition) is 4. The van der Waals surface area contributed by atoms with Crippen molar-refractivity contribution in [3.63, 3.8) is 0 Å². The molecule has 0 aliphatic carbocycles. The molecule has 0 radical (unpaired) electrons. The summed E-state index contributed by atoms with van der Waals surface area (Å²) in [7, 11) is 1.78. The van der Waals surface area contributed by atoms with Crippen LogP contribution in [0.4, 0.5) is 4.39 Å². The van der Waals surface area contributed by atoms with Gasteiger partial charge < -0.3 is 4.57 Å². The number of hydrogen-bond donors (Lipinski definition) is 0.